The van der Waals surface area contributed by atoms with Gasteiger partial charge in [-0.1, -0.05) is 43.0 Å². The van der Waals surface area contributed by atoms with Crippen LogP contribution in [0.4, 0.5) is 0 Å². The van der Waals surface area contributed by atoms with E-state index in [0.29, 0.717) is 5.92 Å². The quantitative estimate of drug-likeness (QED) is 0.593. The van der Waals surface area contributed by atoms with Crippen LogP contribution in [0, 0.1) is 11.8 Å². The molecule has 1 aromatic carbocycles. The Morgan fingerprint density at radius 2 is 1.89 bits per heavy atom. The molecule has 7 heteroatoms. The van der Waals surface area contributed by atoms with Crippen molar-refractivity contribution in [2.45, 2.75) is 114 Å². The Hall–Kier alpha value is -2.24. The highest BCUT2D eigenvalue weighted by atomic mass is 16.6. The Balaban J connectivity index is 1.26. The molecule has 3 aliphatic rings. The highest BCUT2D eigenvalue weighted by molar-refractivity contribution is 5.38. The van der Waals surface area contributed by atoms with Gasteiger partial charge in [-0.05, 0) is 75.0 Å². The van der Waals surface area contributed by atoms with Crippen molar-refractivity contribution in [3.05, 3.63) is 47.3 Å². The molecule has 1 saturated carbocycles. The average Bonchev–Trinajstić information content (AvgIpc) is 3.56. The second-order valence-corrected chi connectivity index (χ2v) is 11.1. The van der Waals surface area contributed by atoms with Crippen LogP contribution in [0.3, 0.4) is 0 Å². The highest BCUT2D eigenvalue weighted by Gasteiger charge is 2.43. The fourth-order valence-electron chi connectivity index (χ4n) is 5.73. The molecule has 5 rings (SSSR count). The molecule has 1 aliphatic carbocycles. The molecule has 7 nitrogen and oxygen atoms in total. The standard InChI is InChI=1S/C29H39N3O4/c1-20(2)24-18-32(31-30-24)25-17-28-27(12-10-23(19-33)35-28)36-26(25)11-9-21-5-7-22(8-6-21)13-16-29(34)14-3-4-15-29/h5-8,18,20,23,25-28,33-34H,3-4,9-12,14-15,17,19H2,1-2H3/t23-,25-,26+,27-,28-/m0/s1. The first-order chi connectivity index (χ1) is 17.4. The molecule has 0 spiro atoms. The van der Waals surface area contributed by atoms with Gasteiger partial charge in [-0.3, -0.25) is 0 Å². The molecular weight excluding hydrogens is 454 g/mol. The van der Waals surface area contributed by atoms with E-state index in [9.17, 15) is 10.2 Å². The lowest BCUT2D eigenvalue weighted by molar-refractivity contribution is -0.209. The number of hydrogen-bond acceptors (Lipinski definition) is 6. The molecular formula is C29H39N3O4. The Morgan fingerprint density at radius 3 is 2.58 bits per heavy atom. The van der Waals surface area contributed by atoms with E-state index in [0.717, 1.165) is 69.0 Å². The summed E-state index contributed by atoms with van der Waals surface area (Å²) in [6.07, 6.45) is 9.95. The van der Waals surface area contributed by atoms with Crippen LogP contribution < -0.4 is 0 Å². The minimum atomic E-state index is -0.805. The molecule has 0 amide bonds. The van der Waals surface area contributed by atoms with Gasteiger partial charge in [0.1, 0.15) is 5.60 Å². The zero-order valence-electron chi connectivity index (χ0n) is 21.5. The minimum absolute atomic E-state index is 0.0123. The van der Waals surface area contributed by atoms with E-state index in [4.69, 9.17) is 9.47 Å². The molecule has 36 heavy (non-hydrogen) atoms. The van der Waals surface area contributed by atoms with Crippen molar-refractivity contribution in [2.75, 3.05) is 6.61 Å². The number of aliphatic hydroxyl groups is 2. The van der Waals surface area contributed by atoms with E-state index in [1.807, 2.05) is 23.0 Å². The first kappa shape index (κ1) is 25.4. The maximum absolute atomic E-state index is 10.5. The van der Waals surface area contributed by atoms with Crippen LogP contribution in [0.2, 0.25) is 0 Å². The number of aromatic nitrogens is 3. The first-order valence-corrected chi connectivity index (χ1v) is 13.6. The molecule has 0 radical (unpaired) electrons. The summed E-state index contributed by atoms with van der Waals surface area (Å²) in [5, 5.41) is 28.9. The van der Waals surface area contributed by atoms with E-state index in [1.54, 1.807) is 0 Å². The van der Waals surface area contributed by atoms with Crippen LogP contribution in [0.5, 0.6) is 0 Å². The van der Waals surface area contributed by atoms with Crippen LogP contribution in [-0.4, -0.2) is 61.8 Å². The van der Waals surface area contributed by atoms with E-state index < -0.39 is 5.60 Å². The molecule has 5 atom stereocenters. The van der Waals surface area contributed by atoms with Gasteiger partial charge in [0.15, 0.2) is 0 Å². The van der Waals surface area contributed by atoms with Gasteiger partial charge in [0, 0.05) is 18.2 Å². The Labute approximate surface area is 214 Å². The summed E-state index contributed by atoms with van der Waals surface area (Å²) in [6.45, 7) is 4.30. The minimum Gasteiger partial charge on any atom is -0.394 e. The fourth-order valence-corrected chi connectivity index (χ4v) is 5.73. The molecule has 3 fully saturated rings. The summed E-state index contributed by atoms with van der Waals surface area (Å²) in [6, 6.07) is 8.40. The van der Waals surface area contributed by atoms with Crippen LogP contribution in [0.15, 0.2) is 30.5 Å². The Bertz CT molecular complexity index is 1060. The van der Waals surface area contributed by atoms with Crippen molar-refractivity contribution in [1.29, 1.82) is 0 Å². The van der Waals surface area contributed by atoms with Crippen LogP contribution >= 0.6 is 0 Å². The van der Waals surface area contributed by atoms with Gasteiger partial charge in [0.2, 0.25) is 0 Å². The summed E-state index contributed by atoms with van der Waals surface area (Å²) < 4.78 is 14.8. The maximum atomic E-state index is 10.5. The highest BCUT2D eigenvalue weighted by Crippen LogP contribution is 2.38. The lowest BCUT2D eigenvalue weighted by atomic mass is 9.88. The number of rotatable bonds is 6. The second-order valence-electron chi connectivity index (χ2n) is 11.1. The topological polar surface area (TPSA) is 89.6 Å². The number of fused-ring (bicyclic) bond motifs is 1. The molecule has 0 bridgehead atoms. The average molecular weight is 494 g/mol. The van der Waals surface area contributed by atoms with Gasteiger partial charge < -0.3 is 19.7 Å². The normalized spacial score (nSPS) is 29.5. The number of nitrogens with zero attached hydrogens (tertiary/aromatic N) is 3. The number of aliphatic hydroxyl groups excluding tert-OH is 1. The number of benzene rings is 1. The van der Waals surface area contributed by atoms with Crippen molar-refractivity contribution in [1.82, 2.24) is 15.0 Å². The fraction of sp³-hybridized carbons (Fsp3) is 0.655. The summed E-state index contributed by atoms with van der Waals surface area (Å²) in [5.41, 5.74) is 2.36. The van der Waals surface area contributed by atoms with Gasteiger partial charge in [-0.15, -0.1) is 5.10 Å². The number of hydrogen-bond donors (Lipinski definition) is 2. The van der Waals surface area contributed by atoms with Gasteiger partial charge in [0.05, 0.1) is 42.8 Å². The van der Waals surface area contributed by atoms with Crippen LogP contribution in [0.1, 0.15) is 94.0 Å². The molecule has 2 aliphatic heterocycles. The molecule has 2 aromatic rings. The van der Waals surface area contributed by atoms with E-state index in [2.05, 4.69) is 48.1 Å². The SMILES string of the molecule is CC(C)c1cn([C@H]2C[C@@H]3O[C@H](CO)CC[C@@H]3O[C@@H]2CCc2ccc(C#CC3(O)CCCC3)cc2)nn1. The summed E-state index contributed by atoms with van der Waals surface area (Å²) in [7, 11) is 0. The monoisotopic (exact) mass is 493 g/mol. The smallest absolute Gasteiger partial charge is 0.125 e. The van der Waals surface area contributed by atoms with Crippen molar-refractivity contribution < 1.29 is 19.7 Å². The Kier molecular flexibility index (Phi) is 7.78. The van der Waals surface area contributed by atoms with Gasteiger partial charge in [0.25, 0.3) is 0 Å². The summed E-state index contributed by atoms with van der Waals surface area (Å²) in [4.78, 5) is 0. The lowest BCUT2D eigenvalue weighted by Gasteiger charge is -2.45. The molecule has 2 saturated heterocycles. The number of ether oxygens (including phenoxy) is 2. The van der Waals surface area contributed by atoms with Gasteiger partial charge in [-0.25, -0.2) is 4.68 Å². The van der Waals surface area contributed by atoms with Crippen molar-refractivity contribution in [2.24, 2.45) is 0 Å². The van der Waals surface area contributed by atoms with E-state index >= 15 is 0 Å². The third kappa shape index (κ3) is 5.84. The zero-order chi connectivity index (χ0) is 25.1. The molecule has 0 unspecified atom stereocenters. The zero-order valence-corrected chi connectivity index (χ0v) is 21.5. The predicted octanol–water partition coefficient (Wildman–Crippen LogP) is 3.93. The van der Waals surface area contributed by atoms with Gasteiger partial charge >= 0.3 is 0 Å². The lowest BCUT2D eigenvalue weighted by Crippen LogP contribution is -2.51. The molecule has 2 N–H and O–H groups in total. The molecule has 194 valence electrons. The first-order valence-electron chi connectivity index (χ1n) is 13.6. The summed E-state index contributed by atoms with van der Waals surface area (Å²) >= 11 is 0. The third-order valence-corrected chi connectivity index (χ3v) is 8.01. The van der Waals surface area contributed by atoms with Crippen LogP contribution in [-0.2, 0) is 15.9 Å². The molecule has 3 heterocycles. The van der Waals surface area contributed by atoms with Gasteiger partial charge in [-0.2, -0.15) is 0 Å². The van der Waals surface area contributed by atoms with E-state index in [-0.39, 0.29) is 37.1 Å². The van der Waals surface area contributed by atoms with E-state index in [1.165, 1.54) is 5.56 Å². The summed E-state index contributed by atoms with van der Waals surface area (Å²) in [5.74, 6) is 6.57. The molecule has 1 aromatic heterocycles. The largest absolute Gasteiger partial charge is 0.394 e. The predicted molar refractivity (Wildman–Crippen MR) is 136 cm³/mol. The Morgan fingerprint density at radius 1 is 1.11 bits per heavy atom. The van der Waals surface area contributed by atoms with Crippen molar-refractivity contribution >= 4 is 0 Å². The van der Waals surface area contributed by atoms with Crippen molar-refractivity contribution in [3.63, 3.8) is 0 Å². The number of aryl methyl sites for hydroxylation is 1. The second kappa shape index (κ2) is 11.0. The van der Waals surface area contributed by atoms with Crippen LogP contribution in [0.25, 0.3) is 0 Å². The third-order valence-electron chi connectivity index (χ3n) is 8.01. The maximum Gasteiger partial charge on any atom is 0.125 e. The van der Waals surface area contributed by atoms with Crippen molar-refractivity contribution in [3.8, 4) is 11.8 Å².